The molecule has 0 aliphatic heterocycles. The van der Waals surface area contributed by atoms with Crippen LogP contribution in [0.4, 0.5) is 34.5 Å². The molecule has 2 aromatic carbocycles. The molecule has 0 radical (unpaired) electrons. The molecule has 9 heteroatoms. The number of para-hydroxylation sites is 2. The Balaban J connectivity index is 1.56. The zero-order chi connectivity index (χ0) is 22.5. The molecule has 9 N–H and O–H groups in total. The van der Waals surface area contributed by atoms with Gasteiger partial charge in [-0.2, -0.15) is 4.98 Å². The molecule has 1 amide bonds. The molecule has 9 nitrogen and oxygen atoms in total. The molecule has 0 unspecified atom stereocenters. The molecule has 1 fully saturated rings. The van der Waals surface area contributed by atoms with Gasteiger partial charge in [-0.25, -0.2) is 4.98 Å². The van der Waals surface area contributed by atoms with E-state index in [1.165, 1.54) is 6.20 Å². The van der Waals surface area contributed by atoms with E-state index in [4.69, 9.17) is 17.2 Å². The third-order valence-corrected chi connectivity index (χ3v) is 5.55. The molecule has 1 aromatic heterocycles. The largest absolute Gasteiger partial charge is 0.397 e. The molecule has 0 bridgehead atoms. The average molecular weight is 433 g/mol. The van der Waals surface area contributed by atoms with Crippen molar-refractivity contribution in [3.05, 3.63) is 60.3 Å². The summed E-state index contributed by atoms with van der Waals surface area (Å²) < 4.78 is 0. The standard InChI is InChI=1S/C23H28N8O/c24-17-8-1-3-10-19(17)28-14-6-5-7-15(12-14)29-22-16(21(26)32)13-27-23(31-22)30-20-11-4-2-9-18(20)25/h1,3,5-8,10,12-13,18,20,28H,2,4,9,11,24-25H2,(H2,26,32)(H2,27,29,30,31)/t18-,20+/m0/s1. The summed E-state index contributed by atoms with van der Waals surface area (Å²) in [6.45, 7) is 0. The number of nitrogens with zero attached hydrogens (tertiary/aromatic N) is 2. The minimum Gasteiger partial charge on any atom is -0.397 e. The van der Waals surface area contributed by atoms with Crippen molar-refractivity contribution >= 4 is 40.4 Å². The Labute approximate surface area is 186 Å². The van der Waals surface area contributed by atoms with Crippen LogP contribution >= 0.6 is 0 Å². The number of rotatable bonds is 7. The van der Waals surface area contributed by atoms with Crippen LogP contribution in [0.25, 0.3) is 0 Å². The zero-order valence-corrected chi connectivity index (χ0v) is 17.7. The van der Waals surface area contributed by atoms with Gasteiger partial charge in [-0.05, 0) is 43.2 Å². The minimum atomic E-state index is -0.611. The Morgan fingerprint density at radius 1 is 1.00 bits per heavy atom. The van der Waals surface area contributed by atoms with Crippen LogP contribution in [-0.2, 0) is 0 Å². The van der Waals surface area contributed by atoms with E-state index in [2.05, 4.69) is 25.9 Å². The Bertz CT molecular complexity index is 1100. The topological polar surface area (TPSA) is 157 Å². The Hall–Kier alpha value is -3.85. The van der Waals surface area contributed by atoms with Gasteiger partial charge in [-0.3, -0.25) is 4.79 Å². The Morgan fingerprint density at radius 2 is 1.75 bits per heavy atom. The molecule has 0 spiro atoms. The van der Waals surface area contributed by atoms with E-state index in [-0.39, 0.29) is 17.6 Å². The van der Waals surface area contributed by atoms with E-state index < -0.39 is 5.91 Å². The van der Waals surface area contributed by atoms with Crippen molar-refractivity contribution in [2.45, 2.75) is 37.8 Å². The lowest BCUT2D eigenvalue weighted by Crippen LogP contribution is -2.43. The van der Waals surface area contributed by atoms with Crippen LogP contribution in [0.3, 0.4) is 0 Å². The number of nitrogen functional groups attached to an aromatic ring is 1. The van der Waals surface area contributed by atoms with E-state index in [0.717, 1.165) is 42.7 Å². The number of hydrogen-bond acceptors (Lipinski definition) is 8. The van der Waals surface area contributed by atoms with Crippen molar-refractivity contribution in [3.8, 4) is 0 Å². The normalized spacial score (nSPS) is 18.0. The number of anilines is 6. The van der Waals surface area contributed by atoms with Crippen molar-refractivity contribution in [2.24, 2.45) is 11.5 Å². The number of amides is 1. The average Bonchev–Trinajstić information content (AvgIpc) is 2.77. The number of carbonyl (C=O) groups is 1. The zero-order valence-electron chi connectivity index (χ0n) is 17.7. The predicted molar refractivity (Wildman–Crippen MR) is 128 cm³/mol. The minimum absolute atomic E-state index is 0.0488. The highest BCUT2D eigenvalue weighted by Crippen LogP contribution is 2.27. The third-order valence-electron chi connectivity index (χ3n) is 5.55. The van der Waals surface area contributed by atoms with Crippen LogP contribution in [0, 0.1) is 0 Å². The lowest BCUT2D eigenvalue weighted by Gasteiger charge is -2.29. The fourth-order valence-electron chi connectivity index (χ4n) is 3.81. The van der Waals surface area contributed by atoms with E-state index in [1.807, 2.05) is 48.5 Å². The number of primary amides is 1. The van der Waals surface area contributed by atoms with Gasteiger partial charge < -0.3 is 33.2 Å². The van der Waals surface area contributed by atoms with E-state index in [0.29, 0.717) is 17.5 Å². The molecule has 2 atom stereocenters. The van der Waals surface area contributed by atoms with Gasteiger partial charge >= 0.3 is 0 Å². The number of carbonyl (C=O) groups excluding carboxylic acids is 1. The molecule has 3 aromatic rings. The summed E-state index contributed by atoms with van der Waals surface area (Å²) in [4.78, 5) is 20.7. The maximum absolute atomic E-state index is 11.9. The number of hydrogen-bond donors (Lipinski definition) is 6. The summed E-state index contributed by atoms with van der Waals surface area (Å²) in [5.74, 6) is 0.127. The van der Waals surface area contributed by atoms with Crippen LogP contribution in [0.1, 0.15) is 36.0 Å². The van der Waals surface area contributed by atoms with Gasteiger partial charge in [-0.15, -0.1) is 0 Å². The summed E-state index contributed by atoms with van der Waals surface area (Å²) in [6.07, 6.45) is 5.60. The Morgan fingerprint density at radius 3 is 2.50 bits per heavy atom. The first-order chi connectivity index (χ1) is 15.5. The number of nitrogens with two attached hydrogens (primary N) is 3. The van der Waals surface area contributed by atoms with Gasteiger partial charge in [0.05, 0.1) is 11.4 Å². The van der Waals surface area contributed by atoms with Crippen molar-refractivity contribution in [1.82, 2.24) is 9.97 Å². The molecule has 32 heavy (non-hydrogen) atoms. The van der Waals surface area contributed by atoms with E-state index >= 15 is 0 Å². The smallest absolute Gasteiger partial charge is 0.254 e. The molecule has 0 saturated heterocycles. The van der Waals surface area contributed by atoms with Crippen LogP contribution in [0.15, 0.2) is 54.7 Å². The summed E-state index contributed by atoms with van der Waals surface area (Å²) in [5, 5.41) is 9.79. The second-order valence-electron chi connectivity index (χ2n) is 7.94. The van der Waals surface area contributed by atoms with Crippen LogP contribution < -0.4 is 33.2 Å². The second-order valence-corrected chi connectivity index (χ2v) is 7.94. The molecular weight excluding hydrogens is 404 g/mol. The molecule has 4 rings (SSSR count). The first kappa shape index (κ1) is 21.4. The van der Waals surface area contributed by atoms with E-state index in [9.17, 15) is 4.79 Å². The molecule has 1 aliphatic rings. The lowest BCUT2D eigenvalue weighted by molar-refractivity contribution is 0.100. The first-order valence-corrected chi connectivity index (χ1v) is 10.7. The molecule has 1 heterocycles. The summed E-state index contributed by atoms with van der Waals surface area (Å²) in [6, 6.07) is 15.2. The SMILES string of the molecule is NC(=O)c1cnc(N[C@@H]2CCCC[C@@H]2N)nc1Nc1cccc(Nc2ccccc2N)c1. The maximum Gasteiger partial charge on any atom is 0.254 e. The van der Waals surface area contributed by atoms with Crippen molar-refractivity contribution in [2.75, 3.05) is 21.7 Å². The Kier molecular flexibility index (Phi) is 6.37. The lowest BCUT2D eigenvalue weighted by atomic mass is 9.91. The molecule has 1 saturated carbocycles. The second kappa shape index (κ2) is 9.52. The van der Waals surface area contributed by atoms with Crippen LogP contribution in [0.2, 0.25) is 0 Å². The molecule has 166 valence electrons. The maximum atomic E-state index is 11.9. The van der Waals surface area contributed by atoms with Gasteiger partial charge in [0.2, 0.25) is 5.95 Å². The highest BCUT2D eigenvalue weighted by atomic mass is 16.1. The number of nitrogens with one attached hydrogen (secondary N) is 3. The van der Waals surface area contributed by atoms with Crippen LogP contribution in [-0.4, -0.2) is 28.0 Å². The van der Waals surface area contributed by atoms with Gasteiger partial charge in [-0.1, -0.05) is 31.0 Å². The van der Waals surface area contributed by atoms with Crippen molar-refractivity contribution in [3.63, 3.8) is 0 Å². The predicted octanol–water partition coefficient (Wildman–Crippen LogP) is 3.33. The van der Waals surface area contributed by atoms with Crippen molar-refractivity contribution in [1.29, 1.82) is 0 Å². The van der Waals surface area contributed by atoms with E-state index in [1.54, 1.807) is 0 Å². The highest BCUT2D eigenvalue weighted by molar-refractivity contribution is 5.98. The fraction of sp³-hybridized carbons (Fsp3) is 0.261. The first-order valence-electron chi connectivity index (χ1n) is 10.7. The van der Waals surface area contributed by atoms with Gasteiger partial charge in [0.1, 0.15) is 11.4 Å². The van der Waals surface area contributed by atoms with Crippen molar-refractivity contribution < 1.29 is 4.79 Å². The quantitative estimate of drug-likeness (QED) is 0.310. The number of benzene rings is 2. The number of aromatic nitrogens is 2. The summed E-state index contributed by atoms with van der Waals surface area (Å²) in [5.41, 5.74) is 21.0. The van der Waals surface area contributed by atoms with Gasteiger partial charge in [0.25, 0.3) is 5.91 Å². The highest BCUT2D eigenvalue weighted by Gasteiger charge is 2.23. The van der Waals surface area contributed by atoms with Gasteiger partial charge in [0.15, 0.2) is 0 Å². The summed E-state index contributed by atoms with van der Waals surface area (Å²) in [7, 11) is 0. The monoisotopic (exact) mass is 432 g/mol. The summed E-state index contributed by atoms with van der Waals surface area (Å²) >= 11 is 0. The fourth-order valence-corrected chi connectivity index (χ4v) is 3.81. The molecule has 1 aliphatic carbocycles. The molecular formula is C23H28N8O. The van der Waals surface area contributed by atoms with Gasteiger partial charge in [0, 0.05) is 29.7 Å². The third kappa shape index (κ3) is 5.06. The van der Waals surface area contributed by atoms with Crippen LogP contribution in [0.5, 0.6) is 0 Å².